The number of ether oxygens (including phenoxy) is 2. The first-order valence-electron chi connectivity index (χ1n) is 19.2. The van der Waals surface area contributed by atoms with Gasteiger partial charge in [-0.25, -0.2) is 0 Å². The van der Waals surface area contributed by atoms with E-state index < -0.39 is 16.2 Å². The summed E-state index contributed by atoms with van der Waals surface area (Å²) in [7, 11) is -4.33. The minimum Gasteiger partial charge on any atom is -0.494 e. The number of para-hydroxylation sites is 1. The molecule has 0 saturated heterocycles. The largest absolute Gasteiger partial charge is 0.494 e. The summed E-state index contributed by atoms with van der Waals surface area (Å²) in [6.45, 7) is 9.41. The second-order valence-electron chi connectivity index (χ2n) is 13.3. The highest BCUT2D eigenvalue weighted by Gasteiger charge is 2.26. The molecule has 0 heterocycles. The summed E-state index contributed by atoms with van der Waals surface area (Å²) in [4.78, 5) is 14.5. The van der Waals surface area contributed by atoms with Gasteiger partial charge >= 0.3 is 10.1 Å². The van der Waals surface area contributed by atoms with Gasteiger partial charge in [-0.15, -0.1) is 0 Å². The minimum atomic E-state index is -4.33. The molecule has 0 bridgehead atoms. The molecule has 0 saturated carbocycles. The van der Waals surface area contributed by atoms with Crippen LogP contribution in [0.5, 0.6) is 17.2 Å². The molecule has 0 spiro atoms. The van der Waals surface area contributed by atoms with Crippen molar-refractivity contribution in [1.82, 2.24) is 5.32 Å². The SMILES string of the molecule is C=CCOc1ccc(C(=O)NCCCCCCC)cc1C(O)c1ccccc1-c1ccc(Sc2ccc(OCCCC)cc2)c(S(=O)(=O)Oc2ccccc2)c1. The number of aliphatic hydroxyl groups excluding tert-OH is 1. The van der Waals surface area contributed by atoms with Crippen LogP contribution in [0, 0.1) is 0 Å². The van der Waals surface area contributed by atoms with Gasteiger partial charge in [0.25, 0.3) is 5.91 Å². The van der Waals surface area contributed by atoms with Crippen molar-refractivity contribution in [2.24, 2.45) is 0 Å². The number of hydrogen-bond acceptors (Lipinski definition) is 8. The van der Waals surface area contributed by atoms with Crippen molar-refractivity contribution in [3.8, 4) is 28.4 Å². The molecule has 1 atom stereocenters. The number of carbonyl (C=O) groups excluding carboxylic acids is 1. The van der Waals surface area contributed by atoms with Gasteiger partial charge in [0.2, 0.25) is 0 Å². The van der Waals surface area contributed by atoms with Crippen LogP contribution in [-0.4, -0.2) is 39.2 Å². The number of unbranched alkanes of at least 4 members (excludes halogenated alkanes) is 5. The molecule has 1 amide bonds. The summed E-state index contributed by atoms with van der Waals surface area (Å²) < 4.78 is 45.5. The molecule has 8 nitrogen and oxygen atoms in total. The molecule has 0 fully saturated rings. The fourth-order valence-corrected chi connectivity index (χ4v) is 8.34. The summed E-state index contributed by atoms with van der Waals surface area (Å²) in [5.74, 6) is 1.09. The van der Waals surface area contributed by atoms with Gasteiger partial charge < -0.3 is 24.1 Å². The Hall–Kier alpha value is -5.03. The number of carbonyl (C=O) groups is 1. The number of aliphatic hydroxyl groups is 1. The molecule has 5 aromatic carbocycles. The van der Waals surface area contributed by atoms with E-state index in [-0.39, 0.29) is 23.2 Å². The van der Waals surface area contributed by atoms with Crippen LogP contribution in [-0.2, 0) is 10.1 Å². The lowest BCUT2D eigenvalue weighted by molar-refractivity contribution is 0.0952. The average molecular weight is 794 g/mol. The average Bonchev–Trinajstić information content (AvgIpc) is 3.22. The number of benzene rings is 5. The predicted molar refractivity (Wildman–Crippen MR) is 224 cm³/mol. The molecule has 0 aliphatic rings. The number of amides is 1. The highest BCUT2D eigenvalue weighted by atomic mass is 32.2. The zero-order valence-electron chi connectivity index (χ0n) is 32.1. The van der Waals surface area contributed by atoms with Crippen molar-refractivity contribution < 1.29 is 32.0 Å². The van der Waals surface area contributed by atoms with Crippen LogP contribution in [0.2, 0.25) is 0 Å². The van der Waals surface area contributed by atoms with E-state index in [2.05, 4.69) is 25.7 Å². The smallest absolute Gasteiger partial charge is 0.340 e. The maximum Gasteiger partial charge on any atom is 0.340 e. The van der Waals surface area contributed by atoms with Crippen LogP contribution in [0.3, 0.4) is 0 Å². The molecule has 294 valence electrons. The van der Waals surface area contributed by atoms with E-state index >= 15 is 0 Å². The van der Waals surface area contributed by atoms with Gasteiger partial charge in [0.1, 0.15) is 34.9 Å². The van der Waals surface area contributed by atoms with Crippen molar-refractivity contribution in [2.45, 2.75) is 79.6 Å². The molecule has 56 heavy (non-hydrogen) atoms. The summed E-state index contributed by atoms with van der Waals surface area (Å²) in [5.41, 5.74) is 2.42. The molecule has 0 aliphatic heterocycles. The predicted octanol–water partition coefficient (Wildman–Crippen LogP) is 10.8. The Kier molecular flexibility index (Phi) is 16.0. The molecule has 0 aromatic heterocycles. The van der Waals surface area contributed by atoms with Gasteiger partial charge in [-0.2, -0.15) is 8.42 Å². The molecular formula is C46H51NO7S2. The fourth-order valence-electron chi connectivity index (χ4n) is 6.05. The lowest BCUT2D eigenvalue weighted by Gasteiger charge is -2.21. The third-order valence-electron chi connectivity index (χ3n) is 9.04. The van der Waals surface area contributed by atoms with Gasteiger partial charge in [0.15, 0.2) is 0 Å². The first-order valence-corrected chi connectivity index (χ1v) is 21.4. The number of nitrogens with one attached hydrogen (secondary N) is 1. The Morgan fingerprint density at radius 1 is 0.786 bits per heavy atom. The molecule has 0 radical (unpaired) electrons. The van der Waals surface area contributed by atoms with E-state index in [0.29, 0.717) is 51.6 Å². The van der Waals surface area contributed by atoms with E-state index in [1.165, 1.54) is 18.2 Å². The molecule has 2 N–H and O–H groups in total. The van der Waals surface area contributed by atoms with Gasteiger partial charge in [-0.05, 0) is 96.3 Å². The quantitative estimate of drug-likeness (QED) is 0.0405. The third-order valence-corrected chi connectivity index (χ3v) is 11.5. The molecule has 5 aromatic rings. The van der Waals surface area contributed by atoms with E-state index in [0.717, 1.165) is 49.2 Å². The zero-order valence-corrected chi connectivity index (χ0v) is 33.7. The van der Waals surface area contributed by atoms with Gasteiger partial charge in [0, 0.05) is 27.5 Å². The summed E-state index contributed by atoms with van der Waals surface area (Å²) in [6.07, 6.45) is 7.76. The van der Waals surface area contributed by atoms with Crippen molar-refractivity contribution >= 4 is 27.8 Å². The fraction of sp³-hybridized carbons (Fsp3) is 0.283. The van der Waals surface area contributed by atoms with Crippen LogP contribution in [0.1, 0.15) is 86.4 Å². The van der Waals surface area contributed by atoms with E-state index in [1.807, 2.05) is 42.5 Å². The van der Waals surface area contributed by atoms with E-state index in [9.17, 15) is 18.3 Å². The standard InChI is InChI=1S/C46H51NO7S2/c1-4-7-9-10-16-29-47-46(49)35-21-27-42(53-30-6-3)41(32-35)45(48)40-20-15-14-19-39(40)34-22-28-43(55-38-25-23-36(24-26-38)52-31-8-5-2)44(33-34)56(50,51)54-37-17-12-11-13-18-37/h6,11-15,17-28,32-33,45,48H,3-5,7-10,16,29-31H2,1-2H3,(H,47,49). The van der Waals surface area contributed by atoms with Crippen LogP contribution in [0.15, 0.2) is 143 Å². The summed E-state index contributed by atoms with van der Waals surface area (Å²) in [5, 5.41) is 15.1. The van der Waals surface area contributed by atoms with Crippen LogP contribution < -0.4 is 19.0 Å². The Bertz CT molecular complexity index is 2140. The monoisotopic (exact) mass is 793 g/mol. The third kappa shape index (κ3) is 11.7. The molecule has 10 heteroatoms. The first-order chi connectivity index (χ1) is 27.2. The summed E-state index contributed by atoms with van der Waals surface area (Å²) >= 11 is 1.30. The maximum atomic E-state index is 14.1. The first kappa shape index (κ1) is 42.1. The summed E-state index contributed by atoms with van der Waals surface area (Å²) in [6, 6.07) is 33.3. The lowest BCUT2D eigenvalue weighted by Crippen LogP contribution is -2.24. The number of rotatable bonds is 22. The van der Waals surface area contributed by atoms with Gasteiger partial charge in [-0.3, -0.25) is 4.79 Å². The number of hydrogen-bond donors (Lipinski definition) is 2. The van der Waals surface area contributed by atoms with E-state index in [1.54, 1.807) is 78.9 Å². The Morgan fingerprint density at radius 3 is 2.27 bits per heavy atom. The van der Waals surface area contributed by atoms with Crippen molar-refractivity contribution in [2.75, 3.05) is 19.8 Å². The second-order valence-corrected chi connectivity index (χ2v) is 15.9. The van der Waals surface area contributed by atoms with Crippen molar-refractivity contribution in [3.05, 3.63) is 145 Å². The Morgan fingerprint density at radius 2 is 1.52 bits per heavy atom. The Balaban J connectivity index is 1.50. The highest BCUT2D eigenvalue weighted by Crippen LogP contribution is 2.40. The lowest BCUT2D eigenvalue weighted by atomic mass is 9.91. The van der Waals surface area contributed by atoms with Crippen molar-refractivity contribution in [3.63, 3.8) is 0 Å². The molecule has 5 rings (SSSR count). The topological polar surface area (TPSA) is 111 Å². The molecule has 1 unspecified atom stereocenters. The van der Waals surface area contributed by atoms with Crippen LogP contribution in [0.4, 0.5) is 0 Å². The van der Waals surface area contributed by atoms with Gasteiger partial charge in [-0.1, -0.05) is 119 Å². The second kappa shape index (κ2) is 21.3. The maximum absolute atomic E-state index is 14.1. The zero-order chi connectivity index (χ0) is 39.8. The normalized spacial score (nSPS) is 11.8. The van der Waals surface area contributed by atoms with Gasteiger partial charge in [0.05, 0.1) is 6.61 Å². The van der Waals surface area contributed by atoms with Crippen molar-refractivity contribution in [1.29, 1.82) is 0 Å². The van der Waals surface area contributed by atoms with E-state index in [4.69, 9.17) is 13.7 Å². The molecule has 0 aliphatic carbocycles. The Labute approximate surface area is 336 Å². The van der Waals surface area contributed by atoms with Crippen LogP contribution >= 0.6 is 11.8 Å². The highest BCUT2D eigenvalue weighted by molar-refractivity contribution is 8.00. The molecular weight excluding hydrogens is 743 g/mol. The minimum absolute atomic E-state index is 0.0280. The van der Waals surface area contributed by atoms with Crippen LogP contribution in [0.25, 0.3) is 11.1 Å².